The van der Waals surface area contributed by atoms with Crippen LogP contribution in [0.4, 0.5) is 0 Å². The molecule has 2 aliphatic heterocycles. The lowest BCUT2D eigenvalue weighted by Gasteiger charge is -2.46. The van der Waals surface area contributed by atoms with Crippen LogP contribution in [0.25, 0.3) is 0 Å². The molecule has 2 fully saturated rings. The van der Waals surface area contributed by atoms with E-state index in [1.54, 1.807) is 6.08 Å². The number of ether oxygens (including phenoxy) is 4. The Hall–Kier alpha value is -2.05. The van der Waals surface area contributed by atoms with Crippen LogP contribution >= 0.6 is 0 Å². The zero-order valence-electron chi connectivity index (χ0n) is 42.8. The Balaban J connectivity index is 1.55. The molecule has 69 heavy (non-hydrogen) atoms. The molecule has 2 saturated heterocycles. The van der Waals surface area contributed by atoms with E-state index in [2.05, 4.69) is 55.6 Å². The molecule has 0 aromatic heterocycles. The molecule has 0 saturated carbocycles. The van der Waals surface area contributed by atoms with Gasteiger partial charge in [0, 0.05) is 6.42 Å². The Morgan fingerprint density at radius 2 is 0.971 bits per heavy atom. The molecule has 402 valence electrons. The first-order chi connectivity index (χ1) is 33.6. The SMILES string of the molecule is CCCC/C=C/C(O)C(COC1OC(CO)C(OC2OC(CO)C(O)C(O)C2O)C(O)C1O)NC(=O)CCCCCCCCCCCCCCCCCC/C=C\C/C=C\C/C=C\CCCCCCC. The molecule has 0 radical (unpaired) electrons. The smallest absolute Gasteiger partial charge is 0.220 e. The minimum atomic E-state index is -1.79. The first-order valence-electron chi connectivity index (χ1n) is 27.4. The van der Waals surface area contributed by atoms with Crippen molar-refractivity contribution in [3.05, 3.63) is 48.6 Å². The van der Waals surface area contributed by atoms with E-state index < -0.39 is 86.8 Å². The number of hydrogen-bond donors (Lipinski definition) is 9. The zero-order valence-corrected chi connectivity index (χ0v) is 42.8. The summed E-state index contributed by atoms with van der Waals surface area (Å²) in [5, 5.41) is 86.1. The average molecular weight is 982 g/mol. The fourth-order valence-corrected chi connectivity index (χ4v) is 8.75. The summed E-state index contributed by atoms with van der Waals surface area (Å²) in [6, 6.07) is -0.910. The first-order valence-corrected chi connectivity index (χ1v) is 27.4. The summed E-state index contributed by atoms with van der Waals surface area (Å²) in [5.74, 6) is -0.250. The van der Waals surface area contributed by atoms with Gasteiger partial charge in [0.05, 0.1) is 32.0 Å². The van der Waals surface area contributed by atoms with Gasteiger partial charge in [-0.3, -0.25) is 4.79 Å². The van der Waals surface area contributed by atoms with E-state index in [1.165, 1.54) is 122 Å². The summed E-state index contributed by atoms with van der Waals surface area (Å²) in [6.45, 7) is 2.60. The van der Waals surface area contributed by atoms with Gasteiger partial charge in [0.1, 0.15) is 48.8 Å². The molecule has 0 aromatic rings. The van der Waals surface area contributed by atoms with Crippen LogP contribution in [0.1, 0.15) is 200 Å². The molecule has 12 atom stereocenters. The topological polar surface area (TPSA) is 228 Å². The Morgan fingerprint density at radius 1 is 0.522 bits per heavy atom. The Labute approximate surface area is 416 Å². The molecule has 0 spiro atoms. The van der Waals surface area contributed by atoms with Crippen molar-refractivity contribution >= 4 is 5.91 Å². The van der Waals surface area contributed by atoms with Crippen molar-refractivity contribution in [3.8, 4) is 0 Å². The highest BCUT2D eigenvalue weighted by Crippen LogP contribution is 2.30. The van der Waals surface area contributed by atoms with Crippen LogP contribution in [0, 0.1) is 0 Å². The third-order valence-electron chi connectivity index (χ3n) is 13.3. The molecule has 2 aliphatic rings. The summed E-state index contributed by atoms with van der Waals surface area (Å²) in [6.07, 6.45) is 34.1. The van der Waals surface area contributed by atoms with E-state index in [9.17, 15) is 45.6 Å². The van der Waals surface area contributed by atoms with Crippen molar-refractivity contribution in [3.63, 3.8) is 0 Å². The second-order valence-corrected chi connectivity index (χ2v) is 19.4. The predicted octanol–water partition coefficient (Wildman–Crippen LogP) is 8.05. The summed E-state index contributed by atoms with van der Waals surface area (Å²) in [5.41, 5.74) is 0. The first kappa shape index (κ1) is 63.1. The van der Waals surface area contributed by atoms with E-state index in [0.29, 0.717) is 6.42 Å². The molecule has 1 amide bonds. The van der Waals surface area contributed by atoms with Gasteiger partial charge >= 0.3 is 0 Å². The van der Waals surface area contributed by atoms with Crippen LogP contribution in [0.15, 0.2) is 48.6 Å². The molecule has 2 heterocycles. The largest absolute Gasteiger partial charge is 0.394 e. The molecule has 0 aromatic carbocycles. The lowest BCUT2D eigenvalue weighted by molar-refractivity contribution is -0.359. The van der Waals surface area contributed by atoms with Gasteiger partial charge in [-0.15, -0.1) is 0 Å². The number of hydrogen-bond acceptors (Lipinski definition) is 13. The third kappa shape index (κ3) is 28.1. The molecule has 2 rings (SSSR count). The monoisotopic (exact) mass is 982 g/mol. The van der Waals surface area contributed by atoms with Gasteiger partial charge in [0.15, 0.2) is 12.6 Å². The molecular formula is C55H99NO13. The fraction of sp³-hybridized carbons (Fsp3) is 0.836. The molecule has 9 N–H and O–H groups in total. The molecule has 0 aliphatic carbocycles. The maximum Gasteiger partial charge on any atom is 0.220 e. The second kappa shape index (κ2) is 41.4. The Bertz CT molecular complexity index is 1340. The molecule has 14 nitrogen and oxygen atoms in total. The minimum Gasteiger partial charge on any atom is -0.394 e. The lowest BCUT2D eigenvalue weighted by Crippen LogP contribution is -2.65. The van der Waals surface area contributed by atoms with Crippen molar-refractivity contribution < 1.29 is 64.6 Å². The van der Waals surface area contributed by atoms with Crippen LogP contribution in [0.5, 0.6) is 0 Å². The van der Waals surface area contributed by atoms with Crippen LogP contribution < -0.4 is 5.32 Å². The molecular weight excluding hydrogens is 883 g/mol. The van der Waals surface area contributed by atoms with E-state index in [1.807, 2.05) is 6.08 Å². The van der Waals surface area contributed by atoms with Gasteiger partial charge in [0.2, 0.25) is 5.91 Å². The molecule has 12 unspecified atom stereocenters. The zero-order chi connectivity index (χ0) is 50.3. The van der Waals surface area contributed by atoms with Crippen molar-refractivity contribution in [2.24, 2.45) is 0 Å². The lowest BCUT2D eigenvalue weighted by atomic mass is 9.97. The number of rotatable bonds is 42. The van der Waals surface area contributed by atoms with Gasteiger partial charge in [-0.25, -0.2) is 0 Å². The van der Waals surface area contributed by atoms with Gasteiger partial charge < -0.3 is 65.1 Å². The third-order valence-corrected chi connectivity index (χ3v) is 13.3. The summed E-state index contributed by atoms with van der Waals surface area (Å²) < 4.78 is 22.5. The molecule has 14 heteroatoms. The van der Waals surface area contributed by atoms with Crippen LogP contribution in [-0.2, 0) is 23.7 Å². The van der Waals surface area contributed by atoms with Crippen molar-refractivity contribution in [2.45, 2.75) is 274 Å². The molecule has 0 bridgehead atoms. The highest BCUT2D eigenvalue weighted by Gasteiger charge is 2.51. The fourth-order valence-electron chi connectivity index (χ4n) is 8.75. The van der Waals surface area contributed by atoms with Gasteiger partial charge in [-0.2, -0.15) is 0 Å². The number of amides is 1. The average Bonchev–Trinajstić information content (AvgIpc) is 3.35. The number of aliphatic hydroxyl groups is 8. The quantitative estimate of drug-likeness (QED) is 0.0209. The second-order valence-electron chi connectivity index (χ2n) is 19.4. The van der Waals surface area contributed by atoms with Crippen LogP contribution in [0.3, 0.4) is 0 Å². The number of carbonyl (C=O) groups is 1. The van der Waals surface area contributed by atoms with Gasteiger partial charge in [0.25, 0.3) is 0 Å². The number of unbranched alkanes of at least 4 members (excludes halogenated alkanes) is 23. The highest BCUT2D eigenvalue weighted by atomic mass is 16.7. The Kier molecular flexibility index (Phi) is 37.9. The summed E-state index contributed by atoms with van der Waals surface area (Å²) in [7, 11) is 0. The summed E-state index contributed by atoms with van der Waals surface area (Å²) >= 11 is 0. The van der Waals surface area contributed by atoms with Gasteiger partial charge in [-0.1, -0.05) is 191 Å². The van der Waals surface area contributed by atoms with E-state index >= 15 is 0 Å². The van der Waals surface area contributed by atoms with Gasteiger partial charge in [-0.05, 0) is 51.4 Å². The highest BCUT2D eigenvalue weighted by molar-refractivity contribution is 5.76. The Morgan fingerprint density at radius 3 is 1.49 bits per heavy atom. The van der Waals surface area contributed by atoms with Crippen LogP contribution in [0.2, 0.25) is 0 Å². The number of nitrogens with one attached hydrogen (secondary N) is 1. The van der Waals surface area contributed by atoms with Crippen molar-refractivity contribution in [1.29, 1.82) is 0 Å². The normalized spacial score (nSPS) is 26.5. The minimum absolute atomic E-state index is 0.250. The number of carbonyl (C=O) groups excluding carboxylic acids is 1. The van der Waals surface area contributed by atoms with E-state index in [0.717, 1.165) is 51.4 Å². The van der Waals surface area contributed by atoms with Crippen molar-refractivity contribution in [1.82, 2.24) is 5.32 Å². The standard InChI is InChI=1S/C55H99NO13/c1-3-5-7-9-10-11-12-13-14-15-16-17-18-19-20-21-22-23-24-25-26-27-28-29-30-31-32-33-34-35-37-39-47(60)56-43(44(59)38-36-8-6-4-2)42-66-54-52(65)50(63)53(46(41-58)68-54)69-55-51(64)49(62)48(61)45(40-57)67-55/h12-13,15-16,18-19,36,38,43-46,48-55,57-59,61-65H,3-11,14,17,20-35,37,39-42H2,1-2H3,(H,56,60)/b13-12-,16-15-,19-18-,38-36+. The summed E-state index contributed by atoms with van der Waals surface area (Å²) in [4.78, 5) is 13.1. The van der Waals surface area contributed by atoms with Crippen molar-refractivity contribution in [2.75, 3.05) is 19.8 Å². The van der Waals surface area contributed by atoms with E-state index in [-0.39, 0.29) is 18.9 Å². The maximum absolute atomic E-state index is 13.1. The van der Waals surface area contributed by atoms with E-state index in [4.69, 9.17) is 18.9 Å². The van der Waals surface area contributed by atoms with Crippen LogP contribution in [-0.4, -0.2) is 140 Å². The number of aliphatic hydroxyl groups excluding tert-OH is 8. The maximum atomic E-state index is 13.1. The predicted molar refractivity (Wildman–Crippen MR) is 272 cm³/mol. The number of allylic oxidation sites excluding steroid dienone is 7.